The molecule has 5 heteroatoms. The van der Waals surface area contributed by atoms with Gasteiger partial charge in [0.15, 0.2) is 0 Å². The van der Waals surface area contributed by atoms with E-state index in [-0.39, 0.29) is 24.8 Å². The maximum absolute atomic E-state index is 5.55. The monoisotopic (exact) mass is 233 g/mol. The van der Waals surface area contributed by atoms with Crippen LogP contribution in [0.1, 0.15) is 5.69 Å². The first-order valence-electron chi connectivity index (χ1n) is 3.93. The van der Waals surface area contributed by atoms with E-state index in [0.717, 1.165) is 16.6 Å². The Morgan fingerprint density at radius 3 is 2.57 bits per heavy atom. The highest BCUT2D eigenvalue weighted by Crippen LogP contribution is 2.16. The fraction of sp³-hybridized carbons (Fsp3) is 0.222. The van der Waals surface area contributed by atoms with Crippen LogP contribution in [0, 0.1) is 0 Å². The number of benzene rings is 1. The number of rotatable bonds is 1. The van der Waals surface area contributed by atoms with Crippen LogP contribution in [-0.4, -0.2) is 9.78 Å². The van der Waals surface area contributed by atoms with Gasteiger partial charge in [-0.3, -0.25) is 4.68 Å². The van der Waals surface area contributed by atoms with E-state index in [1.165, 1.54) is 0 Å². The molecule has 78 valence electrons. The molecule has 0 saturated heterocycles. The van der Waals surface area contributed by atoms with E-state index < -0.39 is 0 Å². The third kappa shape index (κ3) is 2.00. The summed E-state index contributed by atoms with van der Waals surface area (Å²) in [5.41, 5.74) is 7.66. The molecule has 2 aromatic rings. The molecule has 0 unspecified atom stereocenters. The Morgan fingerprint density at radius 2 is 1.93 bits per heavy atom. The number of fused-ring (bicyclic) bond motifs is 1. The SMILES string of the molecule is Cl.Cl.Cn1nc(CN)c2ccccc21. The van der Waals surface area contributed by atoms with Crippen LogP contribution in [-0.2, 0) is 13.6 Å². The van der Waals surface area contributed by atoms with Crippen LogP contribution >= 0.6 is 24.8 Å². The minimum absolute atomic E-state index is 0. The second-order valence-electron chi connectivity index (χ2n) is 2.79. The lowest BCUT2D eigenvalue weighted by molar-refractivity contribution is 0.766. The number of halogens is 2. The van der Waals surface area contributed by atoms with Gasteiger partial charge in [0.05, 0.1) is 11.2 Å². The molecule has 14 heavy (non-hydrogen) atoms. The third-order valence-electron chi connectivity index (χ3n) is 2.03. The van der Waals surface area contributed by atoms with E-state index in [9.17, 15) is 0 Å². The molecule has 0 saturated carbocycles. The molecular weight excluding hydrogens is 221 g/mol. The summed E-state index contributed by atoms with van der Waals surface area (Å²) in [6, 6.07) is 8.10. The maximum atomic E-state index is 5.55. The van der Waals surface area contributed by atoms with E-state index in [1.54, 1.807) is 0 Å². The number of hydrogen-bond acceptors (Lipinski definition) is 2. The number of aromatic nitrogens is 2. The van der Waals surface area contributed by atoms with Crippen LogP contribution in [0.25, 0.3) is 10.9 Å². The molecule has 1 aromatic carbocycles. The van der Waals surface area contributed by atoms with E-state index in [1.807, 2.05) is 36.0 Å². The summed E-state index contributed by atoms with van der Waals surface area (Å²) >= 11 is 0. The molecule has 0 amide bonds. The summed E-state index contributed by atoms with van der Waals surface area (Å²) in [4.78, 5) is 0. The zero-order valence-corrected chi connectivity index (χ0v) is 9.44. The summed E-state index contributed by atoms with van der Waals surface area (Å²) in [5.74, 6) is 0. The Bertz CT molecular complexity index is 411. The Balaban J connectivity index is 0.000000845. The Kier molecular flexibility index (Phi) is 4.91. The largest absolute Gasteiger partial charge is 0.325 e. The fourth-order valence-corrected chi connectivity index (χ4v) is 1.44. The molecule has 2 N–H and O–H groups in total. The zero-order valence-electron chi connectivity index (χ0n) is 7.80. The molecule has 0 spiro atoms. The van der Waals surface area contributed by atoms with Crippen molar-refractivity contribution in [2.24, 2.45) is 12.8 Å². The Hall–Kier alpha value is -0.770. The molecule has 0 atom stereocenters. The molecule has 0 bridgehead atoms. The van der Waals surface area contributed by atoms with E-state index >= 15 is 0 Å². The predicted octanol–water partition coefficient (Wildman–Crippen LogP) is 1.88. The number of para-hydroxylation sites is 1. The van der Waals surface area contributed by atoms with Gasteiger partial charge < -0.3 is 5.73 Å². The summed E-state index contributed by atoms with van der Waals surface area (Å²) in [6.07, 6.45) is 0. The highest BCUT2D eigenvalue weighted by Gasteiger charge is 2.04. The van der Waals surface area contributed by atoms with Crippen LogP contribution in [0.3, 0.4) is 0 Å². The van der Waals surface area contributed by atoms with Crippen molar-refractivity contribution in [3.63, 3.8) is 0 Å². The molecule has 1 heterocycles. The molecule has 0 aliphatic carbocycles. The molecule has 0 fully saturated rings. The standard InChI is InChI=1S/C9H11N3.2ClH/c1-12-9-5-3-2-4-7(9)8(6-10)11-12;;/h2-5H,6,10H2,1H3;2*1H. The van der Waals surface area contributed by atoms with Crippen molar-refractivity contribution in [3.8, 4) is 0 Å². The van der Waals surface area contributed by atoms with Gasteiger partial charge in [-0.25, -0.2) is 0 Å². The molecule has 0 radical (unpaired) electrons. The molecular formula is C9H13Cl2N3. The van der Waals surface area contributed by atoms with Gasteiger partial charge in [0.25, 0.3) is 0 Å². The van der Waals surface area contributed by atoms with Crippen LogP contribution in [0.2, 0.25) is 0 Å². The normalized spacial score (nSPS) is 9.29. The zero-order chi connectivity index (χ0) is 8.55. The first kappa shape index (κ1) is 13.2. The van der Waals surface area contributed by atoms with Gasteiger partial charge in [0.1, 0.15) is 0 Å². The van der Waals surface area contributed by atoms with Crippen LogP contribution in [0.4, 0.5) is 0 Å². The lowest BCUT2D eigenvalue weighted by Gasteiger charge is -1.90. The van der Waals surface area contributed by atoms with Crippen LogP contribution in [0.15, 0.2) is 24.3 Å². The van der Waals surface area contributed by atoms with Crippen molar-refractivity contribution in [2.75, 3.05) is 0 Å². The average Bonchev–Trinajstić information content (AvgIpc) is 2.44. The van der Waals surface area contributed by atoms with Crippen molar-refractivity contribution in [1.82, 2.24) is 9.78 Å². The highest BCUT2D eigenvalue weighted by atomic mass is 35.5. The Morgan fingerprint density at radius 1 is 1.29 bits per heavy atom. The smallest absolute Gasteiger partial charge is 0.0838 e. The summed E-state index contributed by atoms with van der Waals surface area (Å²) < 4.78 is 1.86. The van der Waals surface area contributed by atoms with E-state index in [0.29, 0.717) is 6.54 Å². The minimum atomic E-state index is 0. The van der Waals surface area contributed by atoms with Crippen molar-refractivity contribution >= 4 is 35.7 Å². The van der Waals surface area contributed by atoms with Gasteiger partial charge in [0, 0.05) is 19.0 Å². The summed E-state index contributed by atoms with van der Waals surface area (Å²) in [5, 5.41) is 5.46. The van der Waals surface area contributed by atoms with Crippen LogP contribution in [0.5, 0.6) is 0 Å². The van der Waals surface area contributed by atoms with Gasteiger partial charge in [-0.05, 0) is 6.07 Å². The van der Waals surface area contributed by atoms with Crippen molar-refractivity contribution in [2.45, 2.75) is 6.54 Å². The van der Waals surface area contributed by atoms with Gasteiger partial charge in [-0.15, -0.1) is 24.8 Å². The summed E-state index contributed by atoms with van der Waals surface area (Å²) in [6.45, 7) is 0.501. The van der Waals surface area contributed by atoms with Crippen molar-refractivity contribution < 1.29 is 0 Å². The molecule has 3 nitrogen and oxygen atoms in total. The Labute approximate surface area is 95.1 Å². The number of hydrogen-bond donors (Lipinski definition) is 1. The molecule has 0 aliphatic heterocycles. The van der Waals surface area contributed by atoms with Gasteiger partial charge in [-0.1, -0.05) is 18.2 Å². The van der Waals surface area contributed by atoms with Gasteiger partial charge in [-0.2, -0.15) is 5.10 Å². The maximum Gasteiger partial charge on any atom is 0.0838 e. The van der Waals surface area contributed by atoms with Crippen molar-refractivity contribution in [3.05, 3.63) is 30.0 Å². The fourth-order valence-electron chi connectivity index (χ4n) is 1.44. The second kappa shape index (κ2) is 5.20. The van der Waals surface area contributed by atoms with Crippen LogP contribution < -0.4 is 5.73 Å². The molecule has 2 rings (SSSR count). The first-order chi connectivity index (χ1) is 5.83. The number of nitrogens with two attached hydrogens (primary N) is 1. The first-order valence-corrected chi connectivity index (χ1v) is 3.93. The second-order valence-corrected chi connectivity index (χ2v) is 2.79. The number of nitrogens with zero attached hydrogens (tertiary/aromatic N) is 2. The van der Waals surface area contributed by atoms with Gasteiger partial charge in [0.2, 0.25) is 0 Å². The van der Waals surface area contributed by atoms with E-state index in [2.05, 4.69) is 5.10 Å². The third-order valence-corrected chi connectivity index (χ3v) is 2.03. The van der Waals surface area contributed by atoms with E-state index in [4.69, 9.17) is 5.73 Å². The topological polar surface area (TPSA) is 43.8 Å². The lowest BCUT2D eigenvalue weighted by Crippen LogP contribution is -1.98. The van der Waals surface area contributed by atoms with Crippen molar-refractivity contribution in [1.29, 1.82) is 0 Å². The molecule has 0 aliphatic rings. The minimum Gasteiger partial charge on any atom is -0.325 e. The predicted molar refractivity (Wildman–Crippen MR) is 63.1 cm³/mol. The molecule has 1 aromatic heterocycles. The highest BCUT2D eigenvalue weighted by molar-refractivity contribution is 5.85. The quantitative estimate of drug-likeness (QED) is 0.818. The average molecular weight is 234 g/mol. The summed E-state index contributed by atoms with van der Waals surface area (Å²) in [7, 11) is 1.93. The lowest BCUT2D eigenvalue weighted by atomic mass is 10.2. The number of aryl methyl sites for hydroxylation is 1. The van der Waals surface area contributed by atoms with Gasteiger partial charge >= 0.3 is 0 Å².